The van der Waals surface area contributed by atoms with E-state index in [4.69, 9.17) is 19.3 Å². The second kappa shape index (κ2) is 7.85. The number of aliphatic hydroxyl groups excluding tert-OH is 5. The van der Waals surface area contributed by atoms with E-state index in [1.54, 1.807) is 0 Å². The molecule has 2 saturated heterocycles. The quantitative estimate of drug-likeness (QED) is 0.304. The van der Waals surface area contributed by atoms with Gasteiger partial charge in [-0.3, -0.25) is 0 Å². The summed E-state index contributed by atoms with van der Waals surface area (Å²) in [7, 11) is 0. The van der Waals surface area contributed by atoms with Gasteiger partial charge in [-0.05, 0) is 0 Å². The zero-order valence-electron chi connectivity index (χ0n) is 11.8. The summed E-state index contributed by atoms with van der Waals surface area (Å²) >= 11 is 6.23. The second-order valence-electron chi connectivity index (χ2n) is 5.46. The van der Waals surface area contributed by atoms with Crippen LogP contribution in [0.2, 0.25) is 0 Å². The Morgan fingerprint density at radius 1 is 1.04 bits per heavy atom. The topological polar surface area (TPSA) is 129 Å². The van der Waals surface area contributed by atoms with Crippen LogP contribution in [0, 0.1) is 0 Å². The first-order valence-corrected chi connectivity index (χ1v) is 9.15. The molecular formula is C12H19Br2FO8. The molecule has 0 radical (unpaired) electrons. The summed E-state index contributed by atoms with van der Waals surface area (Å²) in [6.45, 7) is -0.734. The summed E-state index contributed by atoms with van der Waals surface area (Å²) in [4.78, 5) is 0. The van der Waals surface area contributed by atoms with E-state index in [0.717, 1.165) is 0 Å². The third kappa shape index (κ3) is 3.59. The van der Waals surface area contributed by atoms with Gasteiger partial charge in [0.1, 0.15) is 30.5 Å². The van der Waals surface area contributed by atoms with Crippen molar-refractivity contribution in [1.82, 2.24) is 0 Å². The molecule has 0 aromatic heterocycles. The molecule has 2 heterocycles. The highest BCUT2D eigenvalue weighted by atomic mass is 79.9. The molecule has 23 heavy (non-hydrogen) atoms. The van der Waals surface area contributed by atoms with Crippen LogP contribution < -0.4 is 0 Å². The fourth-order valence-electron chi connectivity index (χ4n) is 2.56. The van der Waals surface area contributed by atoms with Crippen molar-refractivity contribution in [2.75, 3.05) is 17.3 Å². The first-order chi connectivity index (χ1) is 10.8. The van der Waals surface area contributed by atoms with Gasteiger partial charge >= 0.3 is 0 Å². The first-order valence-electron chi connectivity index (χ1n) is 6.91. The van der Waals surface area contributed by atoms with Gasteiger partial charge in [0.15, 0.2) is 12.5 Å². The average Bonchev–Trinajstić information content (AvgIpc) is 2.80. The Labute approximate surface area is 148 Å². The Balaban J connectivity index is 2.18. The third-order valence-electron chi connectivity index (χ3n) is 3.96. The molecule has 5 N–H and O–H groups in total. The second-order valence-corrected chi connectivity index (χ2v) is 6.67. The first kappa shape index (κ1) is 19.9. The van der Waals surface area contributed by atoms with Crippen molar-refractivity contribution >= 4 is 31.9 Å². The van der Waals surface area contributed by atoms with E-state index in [0.29, 0.717) is 0 Å². The van der Waals surface area contributed by atoms with E-state index in [2.05, 4.69) is 31.9 Å². The predicted molar refractivity (Wildman–Crippen MR) is 80.9 cm³/mol. The Bertz CT molecular complexity index is 405. The highest BCUT2D eigenvalue weighted by Crippen LogP contribution is 2.38. The van der Waals surface area contributed by atoms with Crippen LogP contribution in [-0.2, 0) is 14.2 Å². The lowest BCUT2D eigenvalue weighted by Crippen LogP contribution is -2.61. The molecule has 0 unspecified atom stereocenters. The SMILES string of the molecule is OC[C@H]1O[C@H](O[C@]2(CBr)O[C@H](CBr)[C@@H](O)[C@@H]2O)[C@H](O)[C@@H](O)[C@@H]1F. The maximum Gasteiger partial charge on any atom is 0.210 e. The van der Waals surface area contributed by atoms with E-state index in [-0.39, 0.29) is 10.7 Å². The van der Waals surface area contributed by atoms with Crippen LogP contribution in [-0.4, -0.2) is 97.7 Å². The van der Waals surface area contributed by atoms with Gasteiger partial charge in [0.25, 0.3) is 0 Å². The molecule has 11 heteroatoms. The lowest BCUT2D eigenvalue weighted by molar-refractivity contribution is -0.366. The van der Waals surface area contributed by atoms with Crippen LogP contribution >= 0.6 is 31.9 Å². The standard InChI is InChI=1S/C12H19Br2FO8/c13-1-4-7(17)10(20)12(3-14,22-4)23-11-9(19)8(18)6(15)5(2-16)21-11/h4-11,16-20H,1-3H2/t4-,5-,6-,7-,8+,9-,10+,11-,12+/m1/s1. The van der Waals surface area contributed by atoms with Gasteiger partial charge in [0, 0.05) is 5.33 Å². The molecule has 0 bridgehead atoms. The largest absolute Gasteiger partial charge is 0.394 e. The molecule has 2 aliphatic rings. The zero-order chi connectivity index (χ0) is 17.4. The van der Waals surface area contributed by atoms with Crippen LogP contribution in [0.4, 0.5) is 4.39 Å². The minimum Gasteiger partial charge on any atom is -0.394 e. The Morgan fingerprint density at radius 3 is 2.17 bits per heavy atom. The number of rotatable bonds is 5. The van der Waals surface area contributed by atoms with Crippen LogP contribution in [0.1, 0.15) is 0 Å². The highest BCUT2D eigenvalue weighted by Gasteiger charge is 2.58. The van der Waals surface area contributed by atoms with E-state index >= 15 is 0 Å². The minimum absolute atomic E-state index is 0.0900. The van der Waals surface area contributed by atoms with E-state index in [1.165, 1.54) is 0 Å². The van der Waals surface area contributed by atoms with Crippen molar-refractivity contribution in [2.24, 2.45) is 0 Å². The molecule has 8 nitrogen and oxygen atoms in total. The maximum absolute atomic E-state index is 13.7. The fraction of sp³-hybridized carbons (Fsp3) is 1.00. The highest BCUT2D eigenvalue weighted by molar-refractivity contribution is 9.09. The molecule has 0 aromatic rings. The number of halogens is 3. The summed E-state index contributed by atoms with van der Waals surface area (Å²) in [5.41, 5.74) is 0. The molecule has 0 saturated carbocycles. The van der Waals surface area contributed by atoms with Gasteiger partial charge in [0.05, 0.1) is 18.0 Å². The van der Waals surface area contributed by atoms with E-state index in [9.17, 15) is 24.8 Å². The van der Waals surface area contributed by atoms with Crippen molar-refractivity contribution in [3.05, 3.63) is 0 Å². The summed E-state index contributed by atoms with van der Waals surface area (Å²) in [5, 5.41) is 49.0. The maximum atomic E-state index is 13.7. The van der Waals surface area contributed by atoms with Crippen LogP contribution in [0.15, 0.2) is 0 Å². The van der Waals surface area contributed by atoms with Crippen molar-refractivity contribution in [3.63, 3.8) is 0 Å². The molecule has 2 rings (SSSR count). The van der Waals surface area contributed by atoms with Gasteiger partial charge in [-0.1, -0.05) is 31.9 Å². The minimum atomic E-state index is -2.00. The number of aliphatic hydroxyl groups is 5. The molecular weight excluding hydrogens is 451 g/mol. The molecule has 2 aliphatic heterocycles. The monoisotopic (exact) mass is 468 g/mol. The average molecular weight is 470 g/mol. The third-order valence-corrected chi connectivity index (χ3v) is 5.38. The van der Waals surface area contributed by atoms with Crippen molar-refractivity contribution < 1.29 is 44.1 Å². The van der Waals surface area contributed by atoms with Gasteiger partial charge in [-0.15, -0.1) is 0 Å². The lowest BCUT2D eigenvalue weighted by atomic mass is 10.00. The van der Waals surface area contributed by atoms with E-state index in [1.807, 2.05) is 0 Å². The van der Waals surface area contributed by atoms with Crippen molar-refractivity contribution in [1.29, 1.82) is 0 Å². The fourth-order valence-corrected chi connectivity index (χ4v) is 3.67. The van der Waals surface area contributed by atoms with Gasteiger partial charge in [0.2, 0.25) is 5.79 Å². The summed E-state index contributed by atoms with van der Waals surface area (Å²) in [6.07, 6.45) is -12.1. The molecule has 136 valence electrons. The molecule has 0 amide bonds. The molecule has 2 fully saturated rings. The molecule has 0 aromatic carbocycles. The summed E-state index contributed by atoms with van der Waals surface area (Å²) < 4.78 is 29.8. The smallest absolute Gasteiger partial charge is 0.210 e. The Hall–Kier alpha value is 0.570. The number of hydrogen-bond donors (Lipinski definition) is 5. The van der Waals surface area contributed by atoms with Crippen molar-refractivity contribution in [2.45, 2.75) is 54.9 Å². The lowest BCUT2D eigenvalue weighted by Gasteiger charge is -2.42. The number of alkyl halides is 3. The molecule has 9 atom stereocenters. The number of ether oxygens (including phenoxy) is 3. The van der Waals surface area contributed by atoms with Gasteiger partial charge < -0.3 is 39.7 Å². The van der Waals surface area contributed by atoms with E-state index < -0.39 is 61.5 Å². The van der Waals surface area contributed by atoms with Crippen LogP contribution in [0.25, 0.3) is 0 Å². The van der Waals surface area contributed by atoms with Crippen LogP contribution in [0.5, 0.6) is 0 Å². The Morgan fingerprint density at radius 2 is 1.70 bits per heavy atom. The summed E-state index contributed by atoms with van der Waals surface area (Å²) in [5.74, 6) is -1.77. The zero-order valence-corrected chi connectivity index (χ0v) is 15.0. The normalized spacial score (nSPS) is 51.1. The predicted octanol–water partition coefficient (Wildman–Crippen LogP) is -1.61. The van der Waals surface area contributed by atoms with Crippen molar-refractivity contribution in [3.8, 4) is 0 Å². The molecule has 0 aliphatic carbocycles. The summed E-state index contributed by atoms with van der Waals surface area (Å²) in [6, 6.07) is 0. The van der Waals surface area contributed by atoms with Crippen LogP contribution in [0.3, 0.4) is 0 Å². The van der Waals surface area contributed by atoms with Gasteiger partial charge in [-0.25, -0.2) is 4.39 Å². The molecule has 0 spiro atoms. The number of hydrogen-bond acceptors (Lipinski definition) is 8. The van der Waals surface area contributed by atoms with Gasteiger partial charge in [-0.2, -0.15) is 0 Å². The Kier molecular flexibility index (Phi) is 6.79.